The number of hydroxylamine groups is 1. The maximum absolute atomic E-state index is 12.6. The summed E-state index contributed by atoms with van der Waals surface area (Å²) in [5.74, 6) is -5.30. The van der Waals surface area contributed by atoms with Crippen LogP contribution in [0.2, 0.25) is 0 Å². The molecule has 0 aliphatic heterocycles. The molecule has 0 heterocycles. The number of benzene rings is 1. The highest BCUT2D eigenvalue weighted by Crippen LogP contribution is 2.21. The number of nitro groups is 1. The van der Waals surface area contributed by atoms with Crippen LogP contribution in [0.3, 0.4) is 0 Å². The second-order valence-electron chi connectivity index (χ2n) is 6.13. The van der Waals surface area contributed by atoms with E-state index in [2.05, 4.69) is 5.32 Å². The Bertz CT molecular complexity index is 663. The maximum atomic E-state index is 12.6. The zero-order valence-corrected chi connectivity index (χ0v) is 14.3. The van der Waals surface area contributed by atoms with Gasteiger partial charge in [0.2, 0.25) is 5.91 Å². The average molecular weight is 367 g/mol. The van der Waals surface area contributed by atoms with Crippen LogP contribution in [0.4, 0.5) is 0 Å². The largest absolute Gasteiger partial charge is 0.479 e. The van der Waals surface area contributed by atoms with Gasteiger partial charge in [0.05, 0.1) is 0 Å². The Balaban J connectivity index is 3.16. The first kappa shape index (κ1) is 21.0. The number of carboxylic acids is 1. The maximum Gasteiger partial charge on any atom is 0.330 e. The van der Waals surface area contributed by atoms with E-state index in [1.807, 2.05) is 0 Å². The average Bonchev–Trinajstić information content (AvgIpc) is 2.58. The van der Waals surface area contributed by atoms with Crippen molar-refractivity contribution in [2.24, 2.45) is 11.8 Å². The van der Waals surface area contributed by atoms with Crippen molar-refractivity contribution in [3.63, 3.8) is 0 Å². The van der Waals surface area contributed by atoms with Crippen molar-refractivity contribution in [1.29, 1.82) is 0 Å². The first-order valence-electron chi connectivity index (χ1n) is 7.84. The van der Waals surface area contributed by atoms with Gasteiger partial charge in [-0.15, -0.1) is 0 Å². The highest BCUT2D eigenvalue weighted by molar-refractivity contribution is 5.91. The Morgan fingerprint density at radius 2 is 1.73 bits per heavy atom. The lowest BCUT2D eigenvalue weighted by molar-refractivity contribution is -0.515. The Labute approximate surface area is 149 Å². The zero-order valence-electron chi connectivity index (χ0n) is 14.3. The fraction of sp³-hybridized carbons (Fsp3) is 0.438. The summed E-state index contributed by atoms with van der Waals surface area (Å²) in [5.41, 5.74) is 1.46. The summed E-state index contributed by atoms with van der Waals surface area (Å²) in [6.45, 7) is 3.39. The van der Waals surface area contributed by atoms with Gasteiger partial charge < -0.3 is 10.4 Å². The molecule has 10 nitrogen and oxygen atoms in total. The third-order valence-corrected chi connectivity index (χ3v) is 3.72. The van der Waals surface area contributed by atoms with Crippen molar-refractivity contribution in [2.75, 3.05) is 0 Å². The lowest BCUT2D eigenvalue weighted by atomic mass is 9.89. The van der Waals surface area contributed by atoms with Crippen LogP contribution in [0.25, 0.3) is 0 Å². The minimum atomic E-state index is -2.05. The van der Waals surface area contributed by atoms with Crippen LogP contribution in [0.5, 0.6) is 0 Å². The predicted octanol–water partition coefficient (Wildman–Crippen LogP) is 0.742. The smallest absolute Gasteiger partial charge is 0.330 e. The molecule has 1 aromatic rings. The summed E-state index contributed by atoms with van der Waals surface area (Å²) in [5, 5.41) is 31.6. The second kappa shape index (κ2) is 9.47. The monoisotopic (exact) mass is 367 g/mol. The molecule has 0 aliphatic carbocycles. The molecule has 0 radical (unpaired) electrons. The molecule has 10 heteroatoms. The van der Waals surface area contributed by atoms with Gasteiger partial charge in [-0.2, -0.15) is 0 Å². The van der Waals surface area contributed by atoms with Crippen molar-refractivity contribution < 1.29 is 29.6 Å². The van der Waals surface area contributed by atoms with Gasteiger partial charge in [-0.25, -0.2) is 10.3 Å². The number of nitrogens with one attached hydrogen (secondary N) is 2. The predicted molar refractivity (Wildman–Crippen MR) is 88.6 cm³/mol. The van der Waals surface area contributed by atoms with E-state index in [4.69, 9.17) is 5.21 Å². The number of hydrogen-bond donors (Lipinski definition) is 4. The summed E-state index contributed by atoms with van der Waals surface area (Å²) in [6.07, 6.45) is -0.0496. The number of aliphatic carboxylic acids is 1. The molecule has 2 amide bonds. The van der Waals surface area contributed by atoms with E-state index >= 15 is 0 Å². The van der Waals surface area contributed by atoms with Crippen molar-refractivity contribution >= 4 is 17.8 Å². The van der Waals surface area contributed by atoms with Crippen LogP contribution < -0.4 is 10.8 Å². The fourth-order valence-electron chi connectivity index (χ4n) is 2.56. The molecule has 3 atom stereocenters. The summed E-state index contributed by atoms with van der Waals surface area (Å²) in [4.78, 5) is 46.0. The lowest BCUT2D eigenvalue weighted by Crippen LogP contribution is -2.50. The summed E-state index contributed by atoms with van der Waals surface area (Å²) >= 11 is 0. The topological polar surface area (TPSA) is 159 Å². The van der Waals surface area contributed by atoms with E-state index in [1.54, 1.807) is 32.0 Å². The number of carbonyl (C=O) groups is 3. The van der Waals surface area contributed by atoms with Crippen LogP contribution in [0.1, 0.15) is 31.9 Å². The molecule has 0 fully saturated rings. The van der Waals surface area contributed by atoms with E-state index in [0.717, 1.165) is 0 Å². The van der Waals surface area contributed by atoms with E-state index in [0.29, 0.717) is 0 Å². The first-order valence-corrected chi connectivity index (χ1v) is 7.84. The molecule has 1 aromatic carbocycles. The number of nitrogens with zero attached hydrogens (tertiary/aromatic N) is 1. The van der Waals surface area contributed by atoms with E-state index in [9.17, 15) is 29.6 Å². The number of amides is 2. The van der Waals surface area contributed by atoms with E-state index in [1.165, 1.54) is 17.6 Å². The highest BCUT2D eigenvalue weighted by atomic mass is 16.6. The van der Waals surface area contributed by atoms with Crippen molar-refractivity contribution in [2.45, 2.75) is 32.4 Å². The minimum Gasteiger partial charge on any atom is -0.479 e. The third kappa shape index (κ3) is 5.52. The molecule has 0 aromatic heterocycles. The Morgan fingerprint density at radius 3 is 2.15 bits per heavy atom. The first-order chi connectivity index (χ1) is 12.2. The van der Waals surface area contributed by atoms with Gasteiger partial charge in [-0.1, -0.05) is 44.2 Å². The quantitative estimate of drug-likeness (QED) is 0.284. The SMILES string of the molecule is CC(C)C[C@@H](C(=O)N[C@H](C(=O)O)c1ccccc1)[C@@H](C(=O)NO)[N+](=O)[O-]. The van der Waals surface area contributed by atoms with Crippen LogP contribution in [-0.2, 0) is 14.4 Å². The van der Waals surface area contributed by atoms with E-state index < -0.39 is 40.7 Å². The molecule has 0 spiro atoms. The third-order valence-electron chi connectivity index (χ3n) is 3.72. The Morgan fingerprint density at radius 1 is 1.15 bits per heavy atom. The number of carboxylic acid groups (broad SMARTS) is 1. The number of rotatable bonds is 9. The van der Waals surface area contributed by atoms with E-state index in [-0.39, 0.29) is 17.9 Å². The van der Waals surface area contributed by atoms with Gasteiger partial charge in [0, 0.05) is 4.92 Å². The van der Waals surface area contributed by atoms with Crippen molar-refractivity contribution in [3.05, 3.63) is 46.0 Å². The summed E-state index contributed by atoms with van der Waals surface area (Å²) in [7, 11) is 0. The van der Waals surface area contributed by atoms with Crippen LogP contribution >= 0.6 is 0 Å². The van der Waals surface area contributed by atoms with Gasteiger partial charge in [0.15, 0.2) is 6.04 Å². The molecule has 0 saturated heterocycles. The molecule has 142 valence electrons. The van der Waals surface area contributed by atoms with Crippen molar-refractivity contribution in [1.82, 2.24) is 10.8 Å². The van der Waals surface area contributed by atoms with Gasteiger partial charge in [0.1, 0.15) is 5.92 Å². The second-order valence-corrected chi connectivity index (χ2v) is 6.13. The van der Waals surface area contributed by atoms with Crippen LogP contribution in [0.15, 0.2) is 30.3 Å². The molecule has 0 saturated carbocycles. The molecule has 0 bridgehead atoms. The Hall–Kier alpha value is -3.01. The van der Waals surface area contributed by atoms with Crippen LogP contribution in [-0.4, -0.2) is 39.1 Å². The normalized spacial score (nSPS) is 14.2. The molecular formula is C16H21N3O7. The Kier molecular flexibility index (Phi) is 7.66. The minimum absolute atomic E-state index is 0.0496. The van der Waals surface area contributed by atoms with Crippen LogP contribution in [0, 0.1) is 22.0 Å². The number of carbonyl (C=O) groups excluding carboxylic acids is 2. The summed E-state index contributed by atoms with van der Waals surface area (Å²) in [6, 6.07) is 4.34. The molecule has 4 N–H and O–H groups in total. The molecular weight excluding hydrogens is 346 g/mol. The van der Waals surface area contributed by atoms with Gasteiger partial charge in [-0.3, -0.25) is 24.9 Å². The fourth-order valence-corrected chi connectivity index (χ4v) is 2.56. The molecule has 0 unspecified atom stereocenters. The standard InChI is InChI=1S/C16H21N3O7/c1-9(2)8-11(13(19(25)26)15(21)18-24)14(20)17-12(16(22)23)10-6-4-3-5-7-10/h3-7,9,11-13,24H,8H2,1-2H3,(H,17,20)(H,18,21)(H,22,23)/t11-,12+,13+/m1/s1. The van der Waals surface area contributed by atoms with Crippen molar-refractivity contribution in [3.8, 4) is 0 Å². The zero-order chi connectivity index (χ0) is 19.9. The van der Waals surface area contributed by atoms with Gasteiger partial charge in [-0.05, 0) is 17.9 Å². The molecule has 26 heavy (non-hydrogen) atoms. The number of hydrogen-bond acceptors (Lipinski definition) is 6. The molecule has 1 rings (SSSR count). The lowest BCUT2D eigenvalue weighted by Gasteiger charge is -2.23. The highest BCUT2D eigenvalue weighted by Gasteiger charge is 2.44. The molecule has 0 aliphatic rings. The summed E-state index contributed by atoms with van der Waals surface area (Å²) < 4.78 is 0. The van der Waals surface area contributed by atoms with Gasteiger partial charge >= 0.3 is 17.9 Å². The van der Waals surface area contributed by atoms with Gasteiger partial charge in [0.25, 0.3) is 0 Å².